The van der Waals surface area contributed by atoms with E-state index >= 15 is 0 Å². The maximum absolute atomic E-state index is 11.9. The first kappa shape index (κ1) is 32.3. The van der Waals surface area contributed by atoms with Gasteiger partial charge in [-0.1, -0.05) is 67.1 Å². The smallest absolute Gasteiger partial charge is 0.410 e. The van der Waals surface area contributed by atoms with Crippen molar-refractivity contribution in [1.82, 2.24) is 10.6 Å². The number of carbonyl (C=O) groups is 4. The van der Waals surface area contributed by atoms with Crippen molar-refractivity contribution in [3.05, 3.63) is 71.8 Å². The average Bonchev–Trinajstić information content (AvgIpc) is 2.90. The van der Waals surface area contributed by atoms with Gasteiger partial charge in [0.15, 0.2) is 0 Å². The maximum atomic E-state index is 11.9. The van der Waals surface area contributed by atoms with Crippen LogP contribution in [-0.2, 0) is 46.2 Å². The highest BCUT2D eigenvalue weighted by molar-refractivity contribution is 5.74. The van der Waals surface area contributed by atoms with Crippen LogP contribution in [0.15, 0.2) is 60.7 Å². The lowest BCUT2D eigenvalue weighted by molar-refractivity contribution is -0.184. The lowest BCUT2D eigenvalue weighted by atomic mass is 10.2. The van der Waals surface area contributed by atoms with Gasteiger partial charge in [0.1, 0.15) is 0 Å². The first-order valence-corrected chi connectivity index (χ1v) is 13.6. The van der Waals surface area contributed by atoms with E-state index in [4.69, 9.17) is 18.9 Å². The van der Waals surface area contributed by atoms with Gasteiger partial charge in [0.05, 0.1) is 12.8 Å². The van der Waals surface area contributed by atoms with Crippen molar-refractivity contribution < 1.29 is 38.1 Å². The first-order valence-electron chi connectivity index (χ1n) is 13.6. The number of hydrogen-bond acceptors (Lipinski definition) is 9. The second-order valence-corrected chi connectivity index (χ2v) is 9.18. The van der Waals surface area contributed by atoms with Crippen LogP contribution in [-0.4, -0.2) is 56.2 Å². The molecule has 0 bridgehead atoms. The molecule has 0 aliphatic rings. The molecule has 0 radical (unpaired) electrons. The van der Waals surface area contributed by atoms with Crippen molar-refractivity contribution >= 4 is 24.0 Å². The van der Waals surface area contributed by atoms with Gasteiger partial charge in [-0.25, -0.2) is 4.79 Å². The van der Waals surface area contributed by atoms with E-state index in [0.717, 1.165) is 36.9 Å². The molecule has 2 atom stereocenters. The number of ether oxygens (including phenoxy) is 4. The molecule has 0 heterocycles. The fourth-order valence-electron chi connectivity index (χ4n) is 3.69. The fourth-order valence-corrected chi connectivity index (χ4v) is 3.69. The molecule has 10 nitrogen and oxygen atoms in total. The van der Waals surface area contributed by atoms with Gasteiger partial charge in [-0.2, -0.15) is 0 Å². The van der Waals surface area contributed by atoms with Crippen molar-refractivity contribution in [3.63, 3.8) is 0 Å². The van der Waals surface area contributed by atoms with E-state index in [1.54, 1.807) is 0 Å². The summed E-state index contributed by atoms with van der Waals surface area (Å²) in [5.74, 6) is -1.33. The Bertz CT molecular complexity index is 949. The summed E-state index contributed by atoms with van der Waals surface area (Å²) in [6.45, 7) is 4.90. The zero-order chi connectivity index (χ0) is 29.0. The lowest BCUT2D eigenvalue weighted by Crippen LogP contribution is -2.31. The minimum absolute atomic E-state index is 0.111. The average molecular weight is 557 g/mol. The molecule has 0 fully saturated rings. The molecule has 0 unspecified atom stereocenters. The highest BCUT2D eigenvalue weighted by Gasteiger charge is 2.15. The molecule has 0 spiro atoms. The van der Waals surface area contributed by atoms with E-state index in [2.05, 4.69) is 10.6 Å². The third kappa shape index (κ3) is 15.5. The normalized spacial score (nSPS) is 12.1. The number of nitrogens with one attached hydrogen (secondary N) is 2. The van der Waals surface area contributed by atoms with Crippen molar-refractivity contribution in [2.24, 2.45) is 0 Å². The highest BCUT2D eigenvalue weighted by Crippen LogP contribution is 2.06. The van der Waals surface area contributed by atoms with Crippen LogP contribution in [0.1, 0.15) is 57.1 Å². The largest absolute Gasteiger partial charge is 0.425 e. The van der Waals surface area contributed by atoms with Crippen molar-refractivity contribution in [1.29, 1.82) is 0 Å². The summed E-state index contributed by atoms with van der Waals surface area (Å²) in [5, 5.41) is 5.90. The van der Waals surface area contributed by atoms with Gasteiger partial charge in [-0.3, -0.25) is 14.4 Å². The zero-order valence-electron chi connectivity index (χ0n) is 23.3. The van der Waals surface area contributed by atoms with Crippen molar-refractivity contribution in [2.45, 2.75) is 71.4 Å². The van der Waals surface area contributed by atoms with E-state index in [0.29, 0.717) is 19.5 Å². The van der Waals surface area contributed by atoms with Gasteiger partial charge < -0.3 is 29.6 Å². The Hall–Kier alpha value is -3.92. The Morgan fingerprint density at radius 1 is 0.600 bits per heavy atom. The molecule has 40 heavy (non-hydrogen) atoms. The highest BCUT2D eigenvalue weighted by atomic mass is 16.7. The summed E-state index contributed by atoms with van der Waals surface area (Å²) in [6, 6.07) is 18.4. The third-order valence-electron chi connectivity index (χ3n) is 5.58. The molecule has 2 aromatic carbocycles. The molecule has 218 valence electrons. The summed E-state index contributed by atoms with van der Waals surface area (Å²) in [7, 11) is 0. The molecular weight excluding hydrogens is 516 g/mol. The van der Waals surface area contributed by atoms with Crippen LogP contribution in [0.25, 0.3) is 0 Å². The molecule has 2 N–H and O–H groups in total. The number of benzene rings is 2. The van der Waals surface area contributed by atoms with Crippen LogP contribution >= 0.6 is 0 Å². The van der Waals surface area contributed by atoms with Gasteiger partial charge >= 0.3 is 24.0 Å². The molecule has 1 amide bonds. The van der Waals surface area contributed by atoms with E-state index < -0.39 is 36.6 Å². The molecule has 0 saturated heterocycles. The zero-order valence-corrected chi connectivity index (χ0v) is 23.3. The number of rotatable bonds is 18. The van der Waals surface area contributed by atoms with Crippen molar-refractivity contribution in [3.8, 4) is 0 Å². The molecule has 0 aliphatic carbocycles. The molecule has 0 aliphatic heterocycles. The van der Waals surface area contributed by atoms with E-state index in [9.17, 15) is 19.2 Å². The monoisotopic (exact) mass is 556 g/mol. The van der Waals surface area contributed by atoms with Gasteiger partial charge in [0.25, 0.3) is 0 Å². The number of carbonyl (C=O) groups excluding carboxylic acids is 4. The van der Waals surface area contributed by atoms with Crippen molar-refractivity contribution in [2.75, 3.05) is 19.6 Å². The Labute approximate surface area is 235 Å². The molecule has 0 aromatic heterocycles. The summed E-state index contributed by atoms with van der Waals surface area (Å²) < 4.78 is 20.4. The summed E-state index contributed by atoms with van der Waals surface area (Å²) >= 11 is 0. The van der Waals surface area contributed by atoms with Crippen LogP contribution in [0.4, 0.5) is 4.79 Å². The number of amides is 1. The van der Waals surface area contributed by atoms with Gasteiger partial charge in [-0.05, 0) is 43.5 Å². The Balaban J connectivity index is 1.39. The van der Waals surface area contributed by atoms with Crippen LogP contribution in [0.3, 0.4) is 0 Å². The topological polar surface area (TPSA) is 129 Å². The van der Waals surface area contributed by atoms with Crippen LogP contribution < -0.4 is 10.6 Å². The Kier molecular flexibility index (Phi) is 15.5. The maximum Gasteiger partial charge on any atom is 0.410 e. The quantitative estimate of drug-likeness (QED) is 0.159. The summed E-state index contributed by atoms with van der Waals surface area (Å²) in [5.41, 5.74) is 1.66. The third-order valence-corrected chi connectivity index (χ3v) is 5.58. The SMILES string of the molecule is C[C@H](OC(=O)CCCNCCCCCNC(=O)O[C@@H](C)OC(=O)Cc1ccccc1)OC(=O)Cc1ccccc1. The Morgan fingerprint density at radius 3 is 1.65 bits per heavy atom. The van der Waals surface area contributed by atoms with E-state index in [1.807, 2.05) is 60.7 Å². The molecule has 2 rings (SSSR count). The Morgan fingerprint density at radius 2 is 1.07 bits per heavy atom. The molecule has 0 saturated carbocycles. The summed E-state index contributed by atoms with van der Waals surface area (Å²) in [6.07, 6.45) is 1.09. The second kappa shape index (κ2) is 19.2. The standard InChI is InChI=1S/C30H40N2O8/c1-23(38-28(34)21-25-13-6-3-7-14-25)37-27(33)17-12-19-31-18-10-5-11-20-32-30(36)40-24(2)39-29(35)22-26-15-8-4-9-16-26/h3-4,6-9,13-16,23-24,31H,5,10-12,17-22H2,1-2H3,(H,32,36)/t23-,24+/m1/s1. The number of alkyl carbamates (subject to hydrolysis) is 1. The first-order chi connectivity index (χ1) is 19.3. The van der Waals surface area contributed by atoms with Crippen LogP contribution in [0, 0.1) is 0 Å². The van der Waals surface area contributed by atoms with Crippen LogP contribution in [0.2, 0.25) is 0 Å². The van der Waals surface area contributed by atoms with E-state index in [1.165, 1.54) is 13.8 Å². The number of esters is 3. The molecule has 10 heteroatoms. The number of unbranched alkanes of at least 4 members (excludes halogenated alkanes) is 2. The van der Waals surface area contributed by atoms with Gasteiger partial charge in [0.2, 0.25) is 12.6 Å². The predicted octanol–water partition coefficient (Wildman–Crippen LogP) is 4.06. The summed E-state index contributed by atoms with van der Waals surface area (Å²) in [4.78, 5) is 47.6. The predicted molar refractivity (Wildman–Crippen MR) is 148 cm³/mol. The minimum atomic E-state index is -0.976. The molecular formula is C30H40N2O8. The molecule has 2 aromatic rings. The number of hydrogen-bond donors (Lipinski definition) is 2. The van der Waals surface area contributed by atoms with Gasteiger partial charge in [0, 0.05) is 26.8 Å². The van der Waals surface area contributed by atoms with Gasteiger partial charge in [-0.15, -0.1) is 0 Å². The minimum Gasteiger partial charge on any atom is -0.425 e. The lowest BCUT2D eigenvalue weighted by Gasteiger charge is -2.14. The van der Waals surface area contributed by atoms with E-state index in [-0.39, 0.29) is 19.3 Å². The second-order valence-electron chi connectivity index (χ2n) is 9.18. The fraction of sp³-hybridized carbons (Fsp3) is 0.467. The van der Waals surface area contributed by atoms with Crippen LogP contribution in [0.5, 0.6) is 0 Å².